The fourth-order valence-electron chi connectivity index (χ4n) is 5.44. The van der Waals surface area contributed by atoms with Crippen LogP contribution in [0, 0.1) is 0 Å². The second-order valence-corrected chi connectivity index (χ2v) is 9.72. The standard InChI is InChI=1S/C28H39N5/c1-20(2)33-13-12-27(32-25-10-5-4-6-11-25)23(19-33)14-21-8-7-9-22-15-28(31-18-26(21)22)24(16-29)17-30-3/h7,9,15-18,21,25,32H,1,4-6,8,10-14,19,29H2,2-3H3. The van der Waals surface area contributed by atoms with Crippen LogP contribution in [0.3, 0.4) is 0 Å². The van der Waals surface area contributed by atoms with E-state index >= 15 is 0 Å². The zero-order chi connectivity index (χ0) is 23.2. The van der Waals surface area contributed by atoms with Gasteiger partial charge < -0.3 is 16.0 Å². The predicted molar refractivity (Wildman–Crippen MR) is 140 cm³/mol. The molecular formula is C28H39N5. The van der Waals surface area contributed by atoms with Crippen LogP contribution >= 0.6 is 0 Å². The first kappa shape index (κ1) is 23.3. The largest absolute Gasteiger partial charge is 0.404 e. The van der Waals surface area contributed by atoms with Gasteiger partial charge in [-0.25, -0.2) is 0 Å². The number of allylic oxidation sites excluding steroid dienone is 3. The van der Waals surface area contributed by atoms with Crippen LogP contribution in [0.2, 0.25) is 0 Å². The number of rotatable bonds is 7. The SMILES string of the molecule is C=C(C)N1CCC(NC2CCCCC2)=C(CC2CC=Cc3cc(C(C=NC)=CN)ncc32)C1. The Hall–Kier alpha value is -2.82. The average molecular weight is 446 g/mol. The van der Waals surface area contributed by atoms with Gasteiger partial charge >= 0.3 is 0 Å². The van der Waals surface area contributed by atoms with Crippen molar-refractivity contribution in [3.8, 4) is 0 Å². The molecule has 1 unspecified atom stereocenters. The van der Waals surface area contributed by atoms with Gasteiger partial charge in [0.05, 0.1) is 5.69 Å². The van der Waals surface area contributed by atoms with E-state index < -0.39 is 0 Å². The van der Waals surface area contributed by atoms with Crippen molar-refractivity contribution in [3.63, 3.8) is 0 Å². The molecule has 0 bridgehead atoms. The minimum absolute atomic E-state index is 0.444. The summed E-state index contributed by atoms with van der Waals surface area (Å²) in [7, 11) is 1.75. The maximum atomic E-state index is 5.81. The molecule has 1 fully saturated rings. The van der Waals surface area contributed by atoms with Gasteiger partial charge in [0.2, 0.25) is 0 Å². The Kier molecular flexibility index (Phi) is 7.69. The number of hydrogen-bond acceptors (Lipinski definition) is 5. The lowest BCUT2D eigenvalue weighted by Crippen LogP contribution is -2.38. The Morgan fingerprint density at radius 1 is 1.33 bits per heavy atom. The second kappa shape index (κ2) is 10.9. The van der Waals surface area contributed by atoms with E-state index in [1.54, 1.807) is 25.0 Å². The summed E-state index contributed by atoms with van der Waals surface area (Å²) in [4.78, 5) is 11.3. The summed E-state index contributed by atoms with van der Waals surface area (Å²) in [5, 5.41) is 3.98. The quantitative estimate of drug-likeness (QED) is 0.552. The number of nitrogens with one attached hydrogen (secondary N) is 1. The minimum Gasteiger partial charge on any atom is -0.404 e. The molecule has 1 saturated carbocycles. The molecule has 2 heterocycles. The molecule has 0 saturated heterocycles. The normalized spacial score (nSPS) is 22.1. The molecule has 1 aromatic rings. The third-order valence-corrected chi connectivity index (χ3v) is 7.33. The van der Waals surface area contributed by atoms with Crippen molar-refractivity contribution in [1.82, 2.24) is 15.2 Å². The van der Waals surface area contributed by atoms with Crippen molar-refractivity contribution in [2.75, 3.05) is 20.1 Å². The highest BCUT2D eigenvalue weighted by Gasteiger charge is 2.26. The van der Waals surface area contributed by atoms with Gasteiger partial charge in [0.1, 0.15) is 0 Å². The Balaban J connectivity index is 1.58. The van der Waals surface area contributed by atoms with Crippen LogP contribution in [0.4, 0.5) is 0 Å². The molecule has 5 nitrogen and oxygen atoms in total. The summed E-state index contributed by atoms with van der Waals surface area (Å²) in [6.07, 6.45) is 19.9. The van der Waals surface area contributed by atoms with E-state index in [0.29, 0.717) is 12.0 Å². The molecule has 2 aliphatic carbocycles. The van der Waals surface area contributed by atoms with Crippen LogP contribution in [0.25, 0.3) is 11.6 Å². The Bertz CT molecular complexity index is 978. The monoisotopic (exact) mass is 445 g/mol. The molecule has 0 amide bonds. The summed E-state index contributed by atoms with van der Waals surface area (Å²) >= 11 is 0. The van der Waals surface area contributed by atoms with Crippen molar-refractivity contribution in [1.29, 1.82) is 0 Å². The van der Waals surface area contributed by atoms with E-state index in [4.69, 9.17) is 10.7 Å². The summed E-state index contributed by atoms with van der Waals surface area (Å²) in [6, 6.07) is 2.79. The first-order valence-corrected chi connectivity index (χ1v) is 12.5. The molecule has 3 aliphatic rings. The van der Waals surface area contributed by atoms with Gasteiger partial charge in [0.15, 0.2) is 0 Å². The number of aliphatic imine (C=N–C) groups is 1. The zero-order valence-corrected chi connectivity index (χ0v) is 20.3. The smallest absolute Gasteiger partial charge is 0.0737 e. The minimum atomic E-state index is 0.444. The fraction of sp³-hybridized carbons (Fsp3) is 0.500. The highest BCUT2D eigenvalue weighted by Crippen LogP contribution is 2.37. The Morgan fingerprint density at radius 2 is 2.15 bits per heavy atom. The van der Waals surface area contributed by atoms with Gasteiger partial charge in [0.25, 0.3) is 0 Å². The van der Waals surface area contributed by atoms with Gasteiger partial charge in [-0.3, -0.25) is 9.98 Å². The molecule has 5 heteroatoms. The zero-order valence-electron chi connectivity index (χ0n) is 20.3. The van der Waals surface area contributed by atoms with Gasteiger partial charge in [-0.2, -0.15) is 0 Å². The number of fused-ring (bicyclic) bond motifs is 1. The summed E-state index contributed by atoms with van der Waals surface area (Å²) in [6.45, 7) is 8.40. The van der Waals surface area contributed by atoms with E-state index in [9.17, 15) is 0 Å². The van der Waals surface area contributed by atoms with E-state index in [2.05, 4.69) is 53.1 Å². The Labute approximate surface area is 199 Å². The molecule has 33 heavy (non-hydrogen) atoms. The molecule has 0 radical (unpaired) electrons. The topological polar surface area (TPSA) is 66.5 Å². The number of hydrogen-bond donors (Lipinski definition) is 2. The van der Waals surface area contributed by atoms with Gasteiger partial charge in [0, 0.05) is 68.2 Å². The lowest BCUT2D eigenvalue weighted by molar-refractivity contribution is 0.327. The van der Waals surface area contributed by atoms with Gasteiger partial charge in [-0.1, -0.05) is 38.0 Å². The van der Waals surface area contributed by atoms with Crippen LogP contribution in [0.1, 0.15) is 81.0 Å². The van der Waals surface area contributed by atoms with Crippen molar-refractivity contribution >= 4 is 17.9 Å². The number of nitrogens with zero attached hydrogens (tertiary/aromatic N) is 3. The van der Waals surface area contributed by atoms with Crippen molar-refractivity contribution in [2.45, 2.75) is 70.3 Å². The average Bonchev–Trinajstić information content (AvgIpc) is 2.84. The predicted octanol–water partition coefficient (Wildman–Crippen LogP) is 5.39. The third-order valence-electron chi connectivity index (χ3n) is 7.33. The lowest BCUT2D eigenvalue weighted by Gasteiger charge is -2.37. The van der Waals surface area contributed by atoms with Crippen LogP contribution in [0.15, 0.2) is 53.1 Å². The van der Waals surface area contributed by atoms with E-state index in [0.717, 1.165) is 49.3 Å². The van der Waals surface area contributed by atoms with E-state index in [1.165, 1.54) is 48.9 Å². The first-order chi connectivity index (χ1) is 16.1. The highest BCUT2D eigenvalue weighted by molar-refractivity contribution is 6.08. The van der Waals surface area contributed by atoms with Crippen LogP contribution in [-0.2, 0) is 0 Å². The maximum absolute atomic E-state index is 5.81. The highest BCUT2D eigenvalue weighted by atomic mass is 15.1. The van der Waals surface area contributed by atoms with Crippen LogP contribution in [-0.4, -0.2) is 42.3 Å². The lowest BCUT2D eigenvalue weighted by atomic mass is 9.82. The molecule has 0 aromatic carbocycles. The summed E-state index contributed by atoms with van der Waals surface area (Å²) in [5.74, 6) is 0.444. The molecule has 1 aromatic heterocycles. The fourth-order valence-corrected chi connectivity index (χ4v) is 5.44. The molecule has 176 valence electrons. The van der Waals surface area contributed by atoms with Gasteiger partial charge in [-0.15, -0.1) is 0 Å². The number of pyridine rings is 1. The first-order valence-electron chi connectivity index (χ1n) is 12.5. The van der Waals surface area contributed by atoms with E-state index in [-0.39, 0.29) is 0 Å². The number of aromatic nitrogens is 1. The van der Waals surface area contributed by atoms with Gasteiger partial charge in [-0.05, 0) is 61.3 Å². The maximum Gasteiger partial charge on any atom is 0.0737 e. The van der Waals surface area contributed by atoms with Crippen molar-refractivity contribution < 1.29 is 0 Å². The molecular weight excluding hydrogens is 406 g/mol. The third kappa shape index (κ3) is 5.58. The summed E-state index contributed by atoms with van der Waals surface area (Å²) < 4.78 is 0. The Morgan fingerprint density at radius 3 is 2.88 bits per heavy atom. The molecule has 0 spiro atoms. The molecule has 1 atom stereocenters. The second-order valence-electron chi connectivity index (χ2n) is 9.72. The molecule has 1 aliphatic heterocycles. The molecule has 3 N–H and O–H groups in total. The van der Waals surface area contributed by atoms with Crippen molar-refractivity contribution in [3.05, 3.63) is 64.9 Å². The van der Waals surface area contributed by atoms with E-state index in [1.807, 2.05) is 0 Å². The van der Waals surface area contributed by atoms with Crippen molar-refractivity contribution in [2.24, 2.45) is 10.7 Å². The number of nitrogens with two attached hydrogens (primary N) is 1. The van der Waals surface area contributed by atoms with Crippen LogP contribution < -0.4 is 11.1 Å². The summed E-state index contributed by atoms with van der Waals surface area (Å²) in [5.41, 5.74) is 14.3. The molecule has 4 rings (SSSR count). The van der Waals surface area contributed by atoms with Crippen LogP contribution in [0.5, 0.6) is 0 Å².